The first-order chi connectivity index (χ1) is 15.1. The van der Waals surface area contributed by atoms with Gasteiger partial charge in [-0.25, -0.2) is 4.79 Å². The number of aliphatic carboxylic acids is 1. The first kappa shape index (κ1) is 25.2. The second-order valence-corrected chi connectivity index (χ2v) is 7.79. The first-order valence-electron chi connectivity index (χ1n) is 10.4. The van der Waals surface area contributed by atoms with Gasteiger partial charge in [0.15, 0.2) is 0 Å². The fourth-order valence-electron chi connectivity index (χ4n) is 3.55. The van der Waals surface area contributed by atoms with Crippen LogP contribution in [0.3, 0.4) is 0 Å². The molecule has 1 aliphatic heterocycles. The molecule has 0 radical (unpaired) electrons. The van der Waals surface area contributed by atoms with Crippen LogP contribution in [0.4, 0.5) is 0 Å². The molecule has 0 saturated carbocycles. The van der Waals surface area contributed by atoms with Crippen molar-refractivity contribution < 1.29 is 34.5 Å². The molecule has 1 aliphatic rings. The van der Waals surface area contributed by atoms with Gasteiger partial charge in [0.2, 0.25) is 17.7 Å². The average Bonchev–Trinajstić information content (AvgIpc) is 3.26. The van der Waals surface area contributed by atoms with E-state index in [1.807, 2.05) is 0 Å². The Kier molecular flexibility index (Phi) is 9.12. The van der Waals surface area contributed by atoms with Crippen LogP contribution in [0, 0.1) is 0 Å². The van der Waals surface area contributed by atoms with Crippen LogP contribution in [-0.2, 0) is 25.6 Å². The first-order valence-corrected chi connectivity index (χ1v) is 10.4. The van der Waals surface area contributed by atoms with Gasteiger partial charge < -0.3 is 36.6 Å². The van der Waals surface area contributed by atoms with Gasteiger partial charge in [-0.1, -0.05) is 30.3 Å². The minimum atomic E-state index is -1.43. The molecular weight excluding hydrogens is 420 g/mol. The van der Waals surface area contributed by atoms with E-state index in [2.05, 4.69) is 10.6 Å². The molecule has 0 bridgehead atoms. The third-order valence-corrected chi connectivity index (χ3v) is 5.31. The number of hydrogen-bond acceptors (Lipinski definition) is 7. The Morgan fingerprint density at radius 1 is 1.16 bits per heavy atom. The number of nitrogens with two attached hydrogens (primary N) is 1. The lowest BCUT2D eigenvalue weighted by Crippen LogP contribution is -2.60. The van der Waals surface area contributed by atoms with Crippen molar-refractivity contribution in [2.75, 3.05) is 13.2 Å². The Hall–Kier alpha value is -3.02. The number of benzene rings is 1. The highest BCUT2D eigenvalue weighted by molar-refractivity contribution is 5.94. The monoisotopic (exact) mass is 450 g/mol. The smallest absolute Gasteiger partial charge is 0.326 e. The summed E-state index contributed by atoms with van der Waals surface area (Å²) in [5.41, 5.74) is 6.18. The van der Waals surface area contributed by atoms with Crippen LogP contribution in [0.5, 0.6) is 0 Å². The molecule has 0 spiro atoms. The number of aliphatic hydroxyl groups is 2. The van der Waals surface area contributed by atoms with E-state index >= 15 is 0 Å². The number of carboxylic acid groups (broad SMARTS) is 1. The Bertz CT molecular complexity index is 818. The maximum Gasteiger partial charge on any atom is 0.326 e. The summed E-state index contributed by atoms with van der Waals surface area (Å²) >= 11 is 0. The normalized spacial score (nSPS) is 19.5. The Morgan fingerprint density at radius 3 is 2.38 bits per heavy atom. The summed E-state index contributed by atoms with van der Waals surface area (Å²) in [6, 6.07) is 4.05. The van der Waals surface area contributed by atoms with Crippen LogP contribution < -0.4 is 16.4 Å². The lowest BCUT2D eigenvalue weighted by Gasteiger charge is -2.29. The molecule has 7 N–H and O–H groups in total. The van der Waals surface area contributed by atoms with Gasteiger partial charge >= 0.3 is 5.97 Å². The van der Waals surface area contributed by atoms with E-state index in [1.165, 1.54) is 11.8 Å². The van der Waals surface area contributed by atoms with Crippen molar-refractivity contribution in [2.45, 2.75) is 56.5 Å². The molecule has 5 atom stereocenters. The number of nitrogens with zero attached hydrogens (tertiary/aromatic N) is 1. The molecule has 1 heterocycles. The predicted molar refractivity (Wildman–Crippen MR) is 113 cm³/mol. The summed E-state index contributed by atoms with van der Waals surface area (Å²) < 4.78 is 0. The van der Waals surface area contributed by atoms with Crippen molar-refractivity contribution in [1.29, 1.82) is 0 Å². The topological polar surface area (TPSA) is 182 Å². The van der Waals surface area contributed by atoms with Gasteiger partial charge in [0.05, 0.1) is 12.7 Å². The molecule has 5 unspecified atom stereocenters. The predicted octanol–water partition coefficient (Wildman–Crippen LogP) is -2.03. The maximum absolute atomic E-state index is 13.2. The maximum atomic E-state index is 13.2. The molecule has 0 aliphatic carbocycles. The third-order valence-electron chi connectivity index (χ3n) is 5.31. The zero-order valence-electron chi connectivity index (χ0n) is 17.8. The van der Waals surface area contributed by atoms with E-state index < -0.39 is 60.6 Å². The van der Waals surface area contributed by atoms with Crippen LogP contribution in [0.2, 0.25) is 0 Å². The number of carboxylic acids is 1. The summed E-state index contributed by atoms with van der Waals surface area (Å²) in [7, 11) is 0. The van der Waals surface area contributed by atoms with Crippen LogP contribution >= 0.6 is 0 Å². The van der Waals surface area contributed by atoms with Gasteiger partial charge in [0.1, 0.15) is 24.2 Å². The van der Waals surface area contributed by atoms with Gasteiger partial charge in [0, 0.05) is 13.0 Å². The van der Waals surface area contributed by atoms with Gasteiger partial charge in [0.25, 0.3) is 0 Å². The van der Waals surface area contributed by atoms with E-state index in [0.29, 0.717) is 12.8 Å². The number of likely N-dealkylation sites (tertiary alicyclic amines) is 1. The molecule has 1 saturated heterocycles. The molecule has 2 rings (SSSR count). The number of carbonyl (C=O) groups excluding carboxylic acids is 3. The van der Waals surface area contributed by atoms with Gasteiger partial charge in [-0.2, -0.15) is 0 Å². The van der Waals surface area contributed by atoms with E-state index in [-0.39, 0.29) is 13.0 Å². The van der Waals surface area contributed by atoms with E-state index in [4.69, 9.17) is 10.8 Å². The second-order valence-electron chi connectivity index (χ2n) is 7.79. The summed E-state index contributed by atoms with van der Waals surface area (Å²) in [6.45, 7) is 0.878. The molecule has 3 amide bonds. The van der Waals surface area contributed by atoms with Crippen LogP contribution in [0.1, 0.15) is 25.3 Å². The molecular formula is C21H30N4O7. The minimum Gasteiger partial charge on any atom is -0.480 e. The lowest BCUT2D eigenvalue weighted by atomic mass is 10.0. The Balaban J connectivity index is 2.24. The fourth-order valence-corrected chi connectivity index (χ4v) is 3.55. The largest absolute Gasteiger partial charge is 0.480 e. The van der Waals surface area contributed by atoms with E-state index in [0.717, 1.165) is 5.56 Å². The van der Waals surface area contributed by atoms with Crippen molar-refractivity contribution in [3.63, 3.8) is 0 Å². The highest BCUT2D eigenvalue weighted by atomic mass is 16.4. The van der Waals surface area contributed by atoms with Crippen molar-refractivity contribution in [3.8, 4) is 0 Å². The van der Waals surface area contributed by atoms with Gasteiger partial charge in [-0.05, 0) is 25.3 Å². The zero-order valence-corrected chi connectivity index (χ0v) is 17.8. The average molecular weight is 450 g/mol. The Labute approximate surface area is 185 Å². The molecule has 1 aromatic rings. The van der Waals surface area contributed by atoms with Crippen molar-refractivity contribution in [2.24, 2.45) is 5.73 Å². The molecule has 11 heteroatoms. The molecule has 1 aromatic carbocycles. The van der Waals surface area contributed by atoms with Gasteiger partial charge in [-0.3, -0.25) is 14.4 Å². The van der Waals surface area contributed by atoms with Crippen LogP contribution in [0.15, 0.2) is 30.3 Å². The molecule has 176 valence electrons. The zero-order chi connectivity index (χ0) is 23.8. The number of rotatable bonds is 10. The van der Waals surface area contributed by atoms with E-state index in [9.17, 15) is 29.4 Å². The number of hydrogen-bond donors (Lipinski definition) is 6. The summed E-state index contributed by atoms with van der Waals surface area (Å²) in [4.78, 5) is 50.9. The van der Waals surface area contributed by atoms with Crippen molar-refractivity contribution >= 4 is 23.7 Å². The third kappa shape index (κ3) is 6.49. The second kappa shape index (κ2) is 11.6. The SMILES string of the molecule is CC(O)C(NC(=O)C(N)CO)C(=O)NC(Cc1ccccc1)C(=O)N1CCCC1C(=O)O. The Morgan fingerprint density at radius 2 is 1.81 bits per heavy atom. The molecule has 11 nitrogen and oxygen atoms in total. The highest BCUT2D eigenvalue weighted by Gasteiger charge is 2.39. The van der Waals surface area contributed by atoms with Crippen molar-refractivity contribution in [1.82, 2.24) is 15.5 Å². The summed E-state index contributed by atoms with van der Waals surface area (Å²) in [6.07, 6.45) is -0.389. The molecule has 0 aromatic heterocycles. The number of aliphatic hydroxyl groups excluding tert-OH is 2. The fraction of sp³-hybridized carbons (Fsp3) is 0.524. The molecule has 1 fully saturated rings. The summed E-state index contributed by atoms with van der Waals surface area (Å²) in [5, 5.41) is 33.3. The number of amides is 3. The molecule has 32 heavy (non-hydrogen) atoms. The van der Waals surface area contributed by atoms with Gasteiger partial charge in [-0.15, -0.1) is 0 Å². The van der Waals surface area contributed by atoms with Crippen LogP contribution in [-0.4, -0.2) is 87.3 Å². The van der Waals surface area contributed by atoms with E-state index in [1.54, 1.807) is 30.3 Å². The lowest BCUT2D eigenvalue weighted by molar-refractivity contribution is -0.149. The van der Waals surface area contributed by atoms with Crippen molar-refractivity contribution in [3.05, 3.63) is 35.9 Å². The van der Waals surface area contributed by atoms with Crippen LogP contribution in [0.25, 0.3) is 0 Å². The highest BCUT2D eigenvalue weighted by Crippen LogP contribution is 2.20. The summed E-state index contributed by atoms with van der Waals surface area (Å²) in [5.74, 6) is -3.36. The standard InChI is InChI=1S/C21H30N4O7/c1-12(27)17(24-18(28)14(22)11-26)19(29)23-15(10-13-6-3-2-4-7-13)20(30)25-9-5-8-16(25)21(31)32/h2-4,6-7,12,14-17,26-27H,5,8-11,22H2,1H3,(H,23,29)(H,24,28)(H,31,32). The number of carbonyl (C=O) groups is 4. The minimum absolute atomic E-state index is 0.0882. The quantitative estimate of drug-likeness (QED) is 0.236. The number of nitrogens with one attached hydrogen (secondary N) is 2.